The lowest BCUT2D eigenvalue weighted by atomic mass is 10.1. The van der Waals surface area contributed by atoms with E-state index in [4.69, 9.17) is 0 Å². The Kier molecular flexibility index (Phi) is 4.35. The molecule has 18 heavy (non-hydrogen) atoms. The number of benzene rings is 1. The standard InChI is InChI=1S/C13H11Br2FN2/c1-2-8-5-9(14)3-4-12(8)18-13-11(16)6-10(15)7-17-13/h3-7H,2H2,1H3,(H,17,18). The van der Waals surface area contributed by atoms with Crippen LogP contribution in [0.15, 0.2) is 39.4 Å². The molecule has 0 saturated carbocycles. The lowest BCUT2D eigenvalue weighted by Crippen LogP contribution is -2.00. The zero-order valence-corrected chi connectivity index (χ0v) is 12.8. The lowest BCUT2D eigenvalue weighted by Gasteiger charge is -2.11. The van der Waals surface area contributed by atoms with Gasteiger partial charge in [-0.3, -0.25) is 0 Å². The molecule has 1 aromatic heterocycles. The van der Waals surface area contributed by atoms with Gasteiger partial charge in [0.1, 0.15) is 0 Å². The Morgan fingerprint density at radius 3 is 2.67 bits per heavy atom. The van der Waals surface area contributed by atoms with Gasteiger partial charge >= 0.3 is 0 Å². The fourth-order valence-corrected chi connectivity index (χ4v) is 2.32. The average molecular weight is 374 g/mol. The highest BCUT2D eigenvalue weighted by Gasteiger charge is 2.07. The van der Waals surface area contributed by atoms with E-state index in [1.165, 1.54) is 6.07 Å². The molecule has 1 heterocycles. The summed E-state index contributed by atoms with van der Waals surface area (Å²) in [7, 11) is 0. The molecule has 94 valence electrons. The van der Waals surface area contributed by atoms with Crippen LogP contribution in [0.3, 0.4) is 0 Å². The van der Waals surface area contributed by atoms with Gasteiger partial charge in [-0.15, -0.1) is 0 Å². The van der Waals surface area contributed by atoms with Gasteiger partial charge in [0.15, 0.2) is 11.6 Å². The highest BCUT2D eigenvalue weighted by atomic mass is 79.9. The van der Waals surface area contributed by atoms with Gasteiger partial charge in [-0.2, -0.15) is 0 Å². The Morgan fingerprint density at radius 1 is 1.22 bits per heavy atom. The number of hydrogen-bond donors (Lipinski definition) is 1. The van der Waals surface area contributed by atoms with Crippen molar-refractivity contribution in [2.45, 2.75) is 13.3 Å². The van der Waals surface area contributed by atoms with Crippen LogP contribution in [0.5, 0.6) is 0 Å². The monoisotopic (exact) mass is 372 g/mol. The van der Waals surface area contributed by atoms with Crippen LogP contribution in [0.4, 0.5) is 15.9 Å². The molecule has 0 unspecified atom stereocenters. The molecule has 0 aliphatic rings. The zero-order valence-electron chi connectivity index (χ0n) is 9.67. The number of nitrogens with zero attached hydrogens (tertiary/aromatic N) is 1. The minimum Gasteiger partial charge on any atom is -0.338 e. The minimum atomic E-state index is -0.380. The molecule has 0 aliphatic heterocycles. The predicted molar refractivity (Wildman–Crippen MR) is 78.7 cm³/mol. The summed E-state index contributed by atoms with van der Waals surface area (Å²) >= 11 is 6.61. The third-order valence-electron chi connectivity index (χ3n) is 2.51. The molecule has 2 nitrogen and oxygen atoms in total. The van der Waals surface area contributed by atoms with E-state index < -0.39 is 0 Å². The van der Waals surface area contributed by atoms with Crippen molar-refractivity contribution in [2.75, 3.05) is 5.32 Å². The van der Waals surface area contributed by atoms with E-state index in [9.17, 15) is 4.39 Å². The Hall–Kier alpha value is -0.940. The number of nitrogens with one attached hydrogen (secondary N) is 1. The molecular weight excluding hydrogens is 363 g/mol. The second kappa shape index (κ2) is 5.80. The first-order chi connectivity index (χ1) is 8.60. The first kappa shape index (κ1) is 13.5. The Bertz CT molecular complexity index is 573. The number of aromatic nitrogens is 1. The number of halogens is 3. The topological polar surface area (TPSA) is 24.9 Å². The Morgan fingerprint density at radius 2 is 2.00 bits per heavy atom. The smallest absolute Gasteiger partial charge is 0.166 e. The molecule has 0 fully saturated rings. The van der Waals surface area contributed by atoms with Gasteiger partial charge in [0.2, 0.25) is 0 Å². The van der Waals surface area contributed by atoms with Crippen molar-refractivity contribution in [3.63, 3.8) is 0 Å². The number of rotatable bonds is 3. The number of aryl methyl sites for hydroxylation is 1. The largest absolute Gasteiger partial charge is 0.338 e. The normalized spacial score (nSPS) is 10.4. The van der Waals surface area contributed by atoms with Crippen molar-refractivity contribution in [3.05, 3.63) is 50.8 Å². The van der Waals surface area contributed by atoms with Crippen LogP contribution >= 0.6 is 31.9 Å². The molecule has 1 N–H and O–H groups in total. The van der Waals surface area contributed by atoms with Gasteiger partial charge in [0, 0.05) is 20.8 Å². The van der Waals surface area contributed by atoms with Crippen LogP contribution in [-0.2, 0) is 6.42 Å². The quantitative estimate of drug-likeness (QED) is 0.814. The van der Waals surface area contributed by atoms with E-state index in [2.05, 4.69) is 49.1 Å². The van der Waals surface area contributed by atoms with Gasteiger partial charge in [0.05, 0.1) is 0 Å². The summed E-state index contributed by atoms with van der Waals surface area (Å²) in [5.41, 5.74) is 1.97. The summed E-state index contributed by atoms with van der Waals surface area (Å²) in [6.45, 7) is 2.05. The SMILES string of the molecule is CCc1cc(Br)ccc1Nc1ncc(Br)cc1F. The first-order valence-corrected chi connectivity index (χ1v) is 7.05. The van der Waals surface area contributed by atoms with Gasteiger partial charge < -0.3 is 5.32 Å². The van der Waals surface area contributed by atoms with Crippen LogP contribution in [0, 0.1) is 5.82 Å². The average Bonchev–Trinajstić information content (AvgIpc) is 2.34. The lowest BCUT2D eigenvalue weighted by molar-refractivity contribution is 0.625. The highest BCUT2D eigenvalue weighted by Crippen LogP contribution is 2.26. The molecule has 0 amide bonds. The summed E-state index contributed by atoms with van der Waals surface area (Å²) in [6, 6.07) is 7.23. The molecule has 0 saturated heterocycles. The summed E-state index contributed by atoms with van der Waals surface area (Å²) in [5, 5.41) is 3.02. The Balaban J connectivity index is 2.33. The van der Waals surface area contributed by atoms with E-state index in [1.807, 2.05) is 18.2 Å². The maximum atomic E-state index is 13.7. The van der Waals surface area contributed by atoms with Crippen LogP contribution < -0.4 is 5.32 Å². The van der Waals surface area contributed by atoms with Crippen LogP contribution in [0.2, 0.25) is 0 Å². The van der Waals surface area contributed by atoms with E-state index in [0.717, 1.165) is 22.1 Å². The minimum absolute atomic E-state index is 0.232. The fraction of sp³-hybridized carbons (Fsp3) is 0.154. The second-order valence-electron chi connectivity index (χ2n) is 3.76. The van der Waals surface area contributed by atoms with Gasteiger partial charge in [0.25, 0.3) is 0 Å². The third kappa shape index (κ3) is 3.09. The second-order valence-corrected chi connectivity index (χ2v) is 5.60. The molecule has 2 aromatic rings. The van der Waals surface area contributed by atoms with Crippen molar-refractivity contribution in [3.8, 4) is 0 Å². The van der Waals surface area contributed by atoms with Crippen LogP contribution in [-0.4, -0.2) is 4.98 Å². The van der Waals surface area contributed by atoms with Crippen molar-refractivity contribution in [1.82, 2.24) is 4.98 Å². The van der Waals surface area contributed by atoms with Crippen molar-refractivity contribution >= 4 is 43.4 Å². The van der Waals surface area contributed by atoms with Gasteiger partial charge in [-0.1, -0.05) is 22.9 Å². The number of hydrogen-bond acceptors (Lipinski definition) is 2. The molecule has 0 aliphatic carbocycles. The first-order valence-electron chi connectivity index (χ1n) is 5.46. The summed E-state index contributed by atoms with van der Waals surface area (Å²) < 4.78 is 15.3. The van der Waals surface area contributed by atoms with Gasteiger partial charge in [-0.05, 0) is 52.2 Å². The maximum absolute atomic E-state index is 13.7. The van der Waals surface area contributed by atoms with Crippen molar-refractivity contribution in [1.29, 1.82) is 0 Å². The summed E-state index contributed by atoms with van der Waals surface area (Å²) in [6.07, 6.45) is 2.43. The summed E-state index contributed by atoms with van der Waals surface area (Å²) in [4.78, 5) is 4.03. The number of anilines is 2. The van der Waals surface area contributed by atoms with Crippen molar-refractivity contribution in [2.24, 2.45) is 0 Å². The molecule has 5 heteroatoms. The Labute approximate surface area is 122 Å². The van der Waals surface area contributed by atoms with E-state index in [1.54, 1.807) is 6.20 Å². The van der Waals surface area contributed by atoms with Crippen LogP contribution in [0.25, 0.3) is 0 Å². The maximum Gasteiger partial charge on any atom is 0.166 e. The molecule has 2 rings (SSSR count). The molecule has 0 spiro atoms. The predicted octanol–water partition coefficient (Wildman–Crippen LogP) is 5.05. The molecule has 1 aromatic carbocycles. The molecule has 0 bridgehead atoms. The van der Waals surface area contributed by atoms with E-state index in [0.29, 0.717) is 4.47 Å². The fourth-order valence-electron chi connectivity index (χ4n) is 1.61. The van der Waals surface area contributed by atoms with Crippen molar-refractivity contribution < 1.29 is 4.39 Å². The van der Waals surface area contributed by atoms with E-state index >= 15 is 0 Å². The summed E-state index contributed by atoms with van der Waals surface area (Å²) in [5.74, 6) is -0.149. The highest BCUT2D eigenvalue weighted by molar-refractivity contribution is 9.10. The zero-order chi connectivity index (χ0) is 13.1. The van der Waals surface area contributed by atoms with Crippen LogP contribution in [0.1, 0.15) is 12.5 Å². The molecule has 0 atom stereocenters. The number of pyridine rings is 1. The van der Waals surface area contributed by atoms with Gasteiger partial charge in [-0.25, -0.2) is 9.37 Å². The molecular formula is C13H11Br2FN2. The molecule has 0 radical (unpaired) electrons. The third-order valence-corrected chi connectivity index (χ3v) is 3.44. The van der Waals surface area contributed by atoms with E-state index in [-0.39, 0.29) is 11.6 Å².